The number of aliphatic hydroxyl groups excluding tert-OH is 5. The smallest absolute Gasteiger partial charge is 0.331 e. The summed E-state index contributed by atoms with van der Waals surface area (Å²) in [5.74, 6) is -1.66. The predicted octanol–water partition coefficient (Wildman–Crippen LogP) is -0.705. The summed E-state index contributed by atoms with van der Waals surface area (Å²) in [7, 11) is 0. The standard InChI is InChI=1S/C23H28O10/c24-11-16-19(27)20(28)21(29)23(32-16)33-22-18-13(8-9-30-22)14(25)10-15(18)31-17(26)7-6-12-4-2-1-3-5-12/h1-9,13-16,18-25,27-29H,10-11H2/t13-,14+,15-,16+,18-,19+,20-,21+,22-,23-/m0/s1. The number of fused-ring (bicyclic) bond motifs is 1. The van der Waals surface area contributed by atoms with Gasteiger partial charge in [-0.15, -0.1) is 0 Å². The second-order valence-corrected chi connectivity index (χ2v) is 8.34. The van der Waals surface area contributed by atoms with Gasteiger partial charge in [-0.05, 0) is 17.7 Å². The molecule has 10 nitrogen and oxygen atoms in total. The Labute approximate surface area is 190 Å². The first kappa shape index (κ1) is 23.8. The van der Waals surface area contributed by atoms with Crippen LogP contribution in [0.15, 0.2) is 48.7 Å². The van der Waals surface area contributed by atoms with Crippen molar-refractivity contribution in [2.45, 2.75) is 55.6 Å². The van der Waals surface area contributed by atoms with E-state index in [1.807, 2.05) is 30.3 Å². The topological polar surface area (TPSA) is 155 Å². The van der Waals surface area contributed by atoms with Crippen molar-refractivity contribution < 1.29 is 49.3 Å². The first-order valence-electron chi connectivity index (χ1n) is 10.8. The molecule has 0 unspecified atom stereocenters. The van der Waals surface area contributed by atoms with Crippen LogP contribution < -0.4 is 0 Å². The average Bonchev–Trinajstić information content (AvgIpc) is 3.14. The maximum absolute atomic E-state index is 12.4. The number of esters is 1. The van der Waals surface area contributed by atoms with Gasteiger partial charge < -0.3 is 44.5 Å². The lowest BCUT2D eigenvalue weighted by Gasteiger charge is -2.42. The van der Waals surface area contributed by atoms with Crippen molar-refractivity contribution in [3.05, 3.63) is 54.3 Å². The fourth-order valence-electron chi connectivity index (χ4n) is 4.45. The number of benzene rings is 1. The maximum atomic E-state index is 12.4. The molecular formula is C23H28O10. The van der Waals surface area contributed by atoms with Crippen molar-refractivity contribution in [1.29, 1.82) is 0 Å². The zero-order chi connectivity index (χ0) is 23.5. The predicted molar refractivity (Wildman–Crippen MR) is 112 cm³/mol. The Balaban J connectivity index is 1.45. The first-order valence-corrected chi connectivity index (χ1v) is 10.8. The number of ether oxygens (including phenoxy) is 4. The summed E-state index contributed by atoms with van der Waals surface area (Å²) in [5, 5.41) is 50.1. The molecule has 10 heteroatoms. The van der Waals surface area contributed by atoms with Crippen molar-refractivity contribution in [3.63, 3.8) is 0 Å². The van der Waals surface area contributed by atoms with E-state index in [1.54, 1.807) is 12.2 Å². The van der Waals surface area contributed by atoms with Crippen LogP contribution in [0.3, 0.4) is 0 Å². The Hall–Kier alpha value is -2.31. The van der Waals surface area contributed by atoms with E-state index >= 15 is 0 Å². The van der Waals surface area contributed by atoms with E-state index < -0.39 is 73.6 Å². The normalized spacial score (nSPS) is 40.4. The van der Waals surface area contributed by atoms with Gasteiger partial charge >= 0.3 is 5.97 Å². The largest absolute Gasteiger partial charge is 0.472 e. The number of aliphatic hydroxyl groups is 5. The summed E-state index contributed by atoms with van der Waals surface area (Å²) < 4.78 is 22.3. The van der Waals surface area contributed by atoms with Crippen molar-refractivity contribution >= 4 is 12.0 Å². The van der Waals surface area contributed by atoms with Crippen LogP contribution in [0.4, 0.5) is 0 Å². The first-order chi connectivity index (χ1) is 15.9. The summed E-state index contributed by atoms with van der Waals surface area (Å²) in [4.78, 5) is 12.4. The van der Waals surface area contributed by atoms with Gasteiger partial charge in [0.15, 0.2) is 6.29 Å². The van der Waals surface area contributed by atoms with Gasteiger partial charge in [0.1, 0.15) is 30.5 Å². The Morgan fingerprint density at radius 2 is 1.82 bits per heavy atom. The molecule has 0 aromatic heterocycles. The highest BCUT2D eigenvalue weighted by molar-refractivity contribution is 5.87. The monoisotopic (exact) mass is 464 g/mol. The highest BCUT2D eigenvalue weighted by Crippen LogP contribution is 2.42. The van der Waals surface area contributed by atoms with Crippen LogP contribution in [-0.4, -0.2) is 87.3 Å². The molecule has 180 valence electrons. The fraction of sp³-hybridized carbons (Fsp3) is 0.522. The summed E-state index contributed by atoms with van der Waals surface area (Å²) in [6.45, 7) is -0.602. The van der Waals surface area contributed by atoms with Crippen LogP contribution in [0.5, 0.6) is 0 Å². The lowest BCUT2D eigenvalue weighted by atomic mass is 9.91. The van der Waals surface area contributed by atoms with Crippen LogP contribution in [0.2, 0.25) is 0 Å². The molecule has 0 bridgehead atoms. The second-order valence-electron chi connectivity index (χ2n) is 8.34. The van der Waals surface area contributed by atoms with Crippen molar-refractivity contribution in [3.8, 4) is 0 Å². The van der Waals surface area contributed by atoms with E-state index in [9.17, 15) is 30.3 Å². The molecule has 1 aliphatic carbocycles. The molecule has 2 aliphatic heterocycles. The molecule has 0 amide bonds. The molecule has 5 N–H and O–H groups in total. The van der Waals surface area contributed by atoms with E-state index in [0.717, 1.165) is 5.56 Å². The van der Waals surface area contributed by atoms with Gasteiger partial charge in [0.25, 0.3) is 0 Å². The Bertz CT molecular complexity index is 856. The molecule has 1 aromatic rings. The second kappa shape index (κ2) is 10.3. The van der Waals surface area contributed by atoms with E-state index in [4.69, 9.17) is 18.9 Å². The minimum Gasteiger partial charge on any atom is -0.472 e. The molecule has 3 aliphatic rings. The molecule has 4 rings (SSSR count). The van der Waals surface area contributed by atoms with Crippen LogP contribution in [0.1, 0.15) is 12.0 Å². The number of hydrogen-bond acceptors (Lipinski definition) is 10. The van der Waals surface area contributed by atoms with Gasteiger partial charge in [-0.25, -0.2) is 4.79 Å². The summed E-state index contributed by atoms with van der Waals surface area (Å²) >= 11 is 0. The summed E-state index contributed by atoms with van der Waals surface area (Å²) in [6, 6.07) is 9.22. The number of rotatable bonds is 6. The summed E-state index contributed by atoms with van der Waals surface area (Å²) in [6.07, 6.45) is -3.91. The zero-order valence-electron chi connectivity index (χ0n) is 17.7. The highest BCUT2D eigenvalue weighted by atomic mass is 16.8. The van der Waals surface area contributed by atoms with E-state index in [1.165, 1.54) is 12.3 Å². The van der Waals surface area contributed by atoms with Crippen LogP contribution >= 0.6 is 0 Å². The Kier molecular flexibility index (Phi) is 7.45. The quantitative estimate of drug-likeness (QED) is 0.269. The van der Waals surface area contributed by atoms with Gasteiger partial charge in [0.2, 0.25) is 6.29 Å². The van der Waals surface area contributed by atoms with Crippen molar-refractivity contribution in [1.82, 2.24) is 0 Å². The Morgan fingerprint density at radius 3 is 2.55 bits per heavy atom. The fourth-order valence-corrected chi connectivity index (χ4v) is 4.45. The third-order valence-electron chi connectivity index (χ3n) is 6.22. The lowest BCUT2D eigenvalue weighted by Crippen LogP contribution is -2.60. The van der Waals surface area contributed by atoms with Gasteiger partial charge in [0, 0.05) is 18.4 Å². The van der Waals surface area contributed by atoms with Gasteiger partial charge in [-0.3, -0.25) is 0 Å². The molecule has 0 spiro atoms. The van der Waals surface area contributed by atoms with Gasteiger partial charge in [-0.2, -0.15) is 0 Å². The zero-order valence-corrected chi connectivity index (χ0v) is 17.7. The molecule has 1 aromatic carbocycles. The van der Waals surface area contributed by atoms with Gasteiger partial charge in [0.05, 0.1) is 24.9 Å². The molecule has 10 atom stereocenters. The van der Waals surface area contributed by atoms with E-state index in [2.05, 4.69) is 0 Å². The molecule has 2 fully saturated rings. The van der Waals surface area contributed by atoms with Crippen molar-refractivity contribution in [2.75, 3.05) is 6.61 Å². The van der Waals surface area contributed by atoms with Crippen LogP contribution in [-0.2, 0) is 23.7 Å². The lowest BCUT2D eigenvalue weighted by molar-refractivity contribution is -0.343. The van der Waals surface area contributed by atoms with Gasteiger partial charge in [-0.1, -0.05) is 30.3 Å². The highest BCUT2D eigenvalue weighted by Gasteiger charge is 2.53. The summed E-state index contributed by atoms with van der Waals surface area (Å²) in [5.41, 5.74) is 0.826. The minimum atomic E-state index is -1.61. The maximum Gasteiger partial charge on any atom is 0.331 e. The van der Waals surface area contributed by atoms with Crippen LogP contribution in [0, 0.1) is 11.8 Å². The molecule has 2 heterocycles. The molecule has 1 saturated carbocycles. The Morgan fingerprint density at radius 1 is 1.06 bits per heavy atom. The van der Waals surface area contributed by atoms with E-state index in [0.29, 0.717) is 0 Å². The molecule has 1 saturated heterocycles. The SMILES string of the molecule is O=C(C=Cc1ccccc1)O[C@H]1C[C@@H](O)[C@@H]2C=CO[C@@H](O[C@@H]3O[C@H](CO)[C@@H](O)[C@H](O)[C@H]3O)[C@@H]21. The number of carbonyl (C=O) groups excluding carboxylic acids is 1. The third-order valence-corrected chi connectivity index (χ3v) is 6.22. The minimum absolute atomic E-state index is 0.155. The average molecular weight is 464 g/mol. The molecular weight excluding hydrogens is 436 g/mol. The molecule has 0 radical (unpaired) electrons. The number of carbonyl (C=O) groups is 1. The molecule has 33 heavy (non-hydrogen) atoms. The van der Waals surface area contributed by atoms with Crippen LogP contribution in [0.25, 0.3) is 6.08 Å². The van der Waals surface area contributed by atoms with Crippen molar-refractivity contribution in [2.24, 2.45) is 11.8 Å². The number of hydrogen-bond donors (Lipinski definition) is 5. The van der Waals surface area contributed by atoms with E-state index in [-0.39, 0.29) is 6.42 Å². The third kappa shape index (κ3) is 5.12.